The molecule has 1 fully saturated rings. The van der Waals surface area contributed by atoms with Crippen LogP contribution < -0.4 is 9.64 Å². The molecule has 0 spiro atoms. The van der Waals surface area contributed by atoms with Crippen LogP contribution in [-0.2, 0) is 10.2 Å². The Morgan fingerprint density at radius 1 is 1.14 bits per heavy atom. The lowest BCUT2D eigenvalue weighted by molar-refractivity contribution is -0.136. The average Bonchev–Trinajstić information content (AvgIpc) is 3.18. The maximum absolute atomic E-state index is 13.4. The smallest absolute Gasteiger partial charge is 0.232 e. The van der Waals surface area contributed by atoms with E-state index in [9.17, 15) is 4.79 Å². The molecule has 1 saturated heterocycles. The summed E-state index contributed by atoms with van der Waals surface area (Å²) >= 11 is 0. The molecule has 0 atom stereocenters. The van der Waals surface area contributed by atoms with Crippen molar-refractivity contribution in [2.75, 3.05) is 38.2 Å². The number of piperazine rings is 1. The number of aromatic nitrogens is 3. The van der Waals surface area contributed by atoms with Gasteiger partial charge in [0.1, 0.15) is 5.75 Å². The van der Waals surface area contributed by atoms with Crippen molar-refractivity contribution in [1.29, 1.82) is 0 Å². The molecule has 1 N–H and O–H groups in total. The van der Waals surface area contributed by atoms with Gasteiger partial charge in [0.05, 0.1) is 12.5 Å². The van der Waals surface area contributed by atoms with Gasteiger partial charge in [0.2, 0.25) is 11.9 Å². The van der Waals surface area contributed by atoms with Gasteiger partial charge in [0.25, 0.3) is 0 Å². The highest BCUT2D eigenvalue weighted by Crippen LogP contribution is 2.34. The van der Waals surface area contributed by atoms with Crippen LogP contribution in [0.3, 0.4) is 0 Å². The first-order valence-corrected chi connectivity index (χ1v) is 9.47. The summed E-state index contributed by atoms with van der Waals surface area (Å²) in [4.78, 5) is 29.3. The van der Waals surface area contributed by atoms with E-state index < -0.39 is 5.41 Å². The summed E-state index contributed by atoms with van der Waals surface area (Å²) < 4.78 is 5.36. The van der Waals surface area contributed by atoms with E-state index in [2.05, 4.69) is 19.9 Å². The fourth-order valence-corrected chi connectivity index (χ4v) is 3.82. The minimum absolute atomic E-state index is 0.129. The van der Waals surface area contributed by atoms with Gasteiger partial charge < -0.3 is 19.5 Å². The summed E-state index contributed by atoms with van der Waals surface area (Å²) in [5, 5.41) is 1.02. The first-order valence-electron chi connectivity index (χ1n) is 9.47. The first-order chi connectivity index (χ1) is 13.5. The number of fused-ring (bicyclic) bond motifs is 1. The molecular formula is C21H25N5O2. The number of rotatable bonds is 4. The maximum atomic E-state index is 13.4. The zero-order valence-electron chi connectivity index (χ0n) is 16.5. The number of carbonyl (C=O) groups is 1. The van der Waals surface area contributed by atoms with E-state index in [1.807, 2.05) is 49.2 Å². The zero-order chi connectivity index (χ0) is 19.7. The summed E-state index contributed by atoms with van der Waals surface area (Å²) in [5.74, 6) is 1.63. The molecule has 1 aliphatic rings. The molecule has 3 aromatic rings. The van der Waals surface area contributed by atoms with Crippen LogP contribution in [0.2, 0.25) is 0 Å². The van der Waals surface area contributed by atoms with Gasteiger partial charge in [-0.25, -0.2) is 9.97 Å². The Bertz CT molecular complexity index is 975. The lowest BCUT2D eigenvalue weighted by Crippen LogP contribution is -2.53. The average molecular weight is 379 g/mol. The molecule has 0 unspecified atom stereocenters. The monoisotopic (exact) mass is 379 g/mol. The Morgan fingerprint density at radius 3 is 2.54 bits per heavy atom. The number of ether oxygens (including phenoxy) is 1. The van der Waals surface area contributed by atoms with Gasteiger partial charge in [-0.2, -0.15) is 0 Å². The molecule has 1 amide bonds. The quantitative estimate of drug-likeness (QED) is 0.754. The van der Waals surface area contributed by atoms with E-state index in [1.54, 1.807) is 19.5 Å². The van der Waals surface area contributed by atoms with E-state index >= 15 is 0 Å². The number of methoxy groups -OCH3 is 1. The Hall–Kier alpha value is -3.09. The molecule has 1 aromatic carbocycles. The molecular weight excluding hydrogens is 354 g/mol. The largest absolute Gasteiger partial charge is 0.497 e. The molecule has 1 aliphatic heterocycles. The number of aromatic amines is 1. The van der Waals surface area contributed by atoms with Crippen LogP contribution >= 0.6 is 0 Å². The lowest BCUT2D eigenvalue weighted by Gasteiger charge is -2.38. The molecule has 2 aromatic heterocycles. The third-order valence-electron chi connectivity index (χ3n) is 5.50. The number of anilines is 1. The molecule has 0 radical (unpaired) electrons. The number of carbonyl (C=O) groups excluding carboxylic acids is 1. The normalized spacial score (nSPS) is 15.1. The number of hydrogen-bond donors (Lipinski definition) is 1. The topological polar surface area (TPSA) is 74.4 Å². The number of nitrogens with zero attached hydrogens (tertiary/aromatic N) is 4. The van der Waals surface area contributed by atoms with E-state index in [1.165, 1.54) is 0 Å². The predicted octanol–water partition coefficient (Wildman–Crippen LogP) is 2.59. The third-order valence-corrected chi connectivity index (χ3v) is 5.50. The predicted molar refractivity (Wildman–Crippen MR) is 109 cm³/mol. The van der Waals surface area contributed by atoms with Crippen molar-refractivity contribution in [1.82, 2.24) is 19.9 Å². The van der Waals surface area contributed by atoms with Crippen molar-refractivity contribution < 1.29 is 9.53 Å². The van der Waals surface area contributed by atoms with Gasteiger partial charge in [0.15, 0.2) is 0 Å². The number of amides is 1. The summed E-state index contributed by atoms with van der Waals surface area (Å²) in [7, 11) is 1.65. The standard InChI is InChI=1S/C21H25N5O2/c1-21(2,17-14-24-18-6-5-15(28-3)13-16(17)18)19(27)25-9-11-26(12-10-25)20-22-7-4-8-23-20/h4-8,13-14,24H,9-12H2,1-3H3. The highest BCUT2D eigenvalue weighted by molar-refractivity contribution is 5.95. The van der Waals surface area contributed by atoms with Crippen molar-refractivity contribution >= 4 is 22.8 Å². The van der Waals surface area contributed by atoms with Gasteiger partial charge in [0, 0.05) is 55.7 Å². The molecule has 4 rings (SSSR count). The van der Waals surface area contributed by atoms with Gasteiger partial charge in [-0.15, -0.1) is 0 Å². The van der Waals surface area contributed by atoms with Crippen molar-refractivity contribution in [2.45, 2.75) is 19.3 Å². The second kappa shape index (κ2) is 7.14. The summed E-state index contributed by atoms with van der Waals surface area (Å²) in [6.07, 6.45) is 5.43. The molecule has 146 valence electrons. The number of hydrogen-bond acceptors (Lipinski definition) is 5. The number of H-pyrrole nitrogens is 1. The summed E-state index contributed by atoms with van der Waals surface area (Å²) in [6, 6.07) is 7.70. The molecule has 0 bridgehead atoms. The molecule has 0 saturated carbocycles. The molecule has 7 heteroatoms. The number of benzene rings is 1. The van der Waals surface area contributed by atoms with Gasteiger partial charge >= 0.3 is 0 Å². The first kappa shape index (κ1) is 18.3. The summed E-state index contributed by atoms with van der Waals surface area (Å²) in [6.45, 7) is 6.76. The van der Waals surface area contributed by atoms with Crippen LogP contribution in [-0.4, -0.2) is 59.0 Å². The maximum Gasteiger partial charge on any atom is 0.232 e. The van der Waals surface area contributed by atoms with Gasteiger partial charge in [-0.05, 0) is 43.7 Å². The third kappa shape index (κ3) is 3.17. The minimum atomic E-state index is -0.643. The Balaban J connectivity index is 1.53. The Kier molecular flexibility index (Phi) is 4.66. The van der Waals surface area contributed by atoms with Crippen LogP contribution in [0.1, 0.15) is 19.4 Å². The van der Waals surface area contributed by atoms with E-state index in [-0.39, 0.29) is 5.91 Å². The fourth-order valence-electron chi connectivity index (χ4n) is 3.82. The van der Waals surface area contributed by atoms with Crippen LogP contribution in [0.25, 0.3) is 10.9 Å². The second-order valence-corrected chi connectivity index (χ2v) is 7.57. The fraction of sp³-hybridized carbons (Fsp3) is 0.381. The van der Waals surface area contributed by atoms with E-state index in [0.717, 1.165) is 41.3 Å². The SMILES string of the molecule is COc1ccc2[nH]cc(C(C)(C)C(=O)N3CCN(c4ncccn4)CC3)c2c1. The van der Waals surface area contributed by atoms with Crippen molar-refractivity contribution in [2.24, 2.45) is 0 Å². The molecule has 28 heavy (non-hydrogen) atoms. The number of nitrogens with one attached hydrogen (secondary N) is 1. The van der Waals surface area contributed by atoms with Crippen LogP contribution in [0, 0.1) is 0 Å². The molecule has 3 heterocycles. The Morgan fingerprint density at radius 2 is 1.86 bits per heavy atom. The Labute approximate surface area is 164 Å². The van der Waals surface area contributed by atoms with Crippen LogP contribution in [0.5, 0.6) is 5.75 Å². The second-order valence-electron chi connectivity index (χ2n) is 7.57. The van der Waals surface area contributed by atoms with Crippen molar-refractivity contribution in [3.05, 3.63) is 48.4 Å². The van der Waals surface area contributed by atoms with Crippen LogP contribution in [0.15, 0.2) is 42.9 Å². The van der Waals surface area contributed by atoms with E-state index in [0.29, 0.717) is 13.1 Å². The van der Waals surface area contributed by atoms with Crippen LogP contribution in [0.4, 0.5) is 5.95 Å². The molecule has 7 nitrogen and oxygen atoms in total. The zero-order valence-corrected chi connectivity index (χ0v) is 16.5. The minimum Gasteiger partial charge on any atom is -0.497 e. The lowest BCUT2D eigenvalue weighted by atomic mass is 9.82. The van der Waals surface area contributed by atoms with Crippen molar-refractivity contribution in [3.63, 3.8) is 0 Å². The van der Waals surface area contributed by atoms with Gasteiger partial charge in [-0.1, -0.05) is 0 Å². The highest BCUT2D eigenvalue weighted by Gasteiger charge is 2.37. The van der Waals surface area contributed by atoms with Crippen molar-refractivity contribution in [3.8, 4) is 5.75 Å². The van der Waals surface area contributed by atoms with E-state index in [4.69, 9.17) is 4.74 Å². The highest BCUT2D eigenvalue weighted by atomic mass is 16.5. The van der Waals surface area contributed by atoms with Gasteiger partial charge in [-0.3, -0.25) is 4.79 Å². The summed E-state index contributed by atoms with van der Waals surface area (Å²) in [5.41, 5.74) is 1.35. The molecule has 0 aliphatic carbocycles.